The van der Waals surface area contributed by atoms with Crippen molar-refractivity contribution in [2.75, 3.05) is 13.1 Å². The van der Waals surface area contributed by atoms with Gasteiger partial charge in [-0.15, -0.1) is 0 Å². The molecule has 3 atom stereocenters. The molecule has 3 heteroatoms. The normalized spacial score (nSPS) is 25.7. The lowest BCUT2D eigenvalue weighted by Gasteiger charge is -2.39. The van der Waals surface area contributed by atoms with Crippen molar-refractivity contribution in [1.82, 2.24) is 4.90 Å². The summed E-state index contributed by atoms with van der Waals surface area (Å²) < 4.78 is 0. The monoisotopic (exact) mass is 252 g/mol. The largest absolute Gasteiger partial charge is 0.326 e. The molecule has 0 aromatic carbocycles. The first-order chi connectivity index (χ1) is 8.22. The highest BCUT2D eigenvalue weighted by Gasteiger charge is 2.28. The average molecular weight is 252 g/mol. The summed E-state index contributed by atoms with van der Waals surface area (Å²) in [6, 6.07) is 2.85. The second kappa shape index (κ2) is 5.98. The molecule has 2 nitrogen and oxygen atoms in total. The van der Waals surface area contributed by atoms with Crippen LogP contribution in [0.4, 0.5) is 0 Å². The van der Waals surface area contributed by atoms with E-state index in [0.29, 0.717) is 6.04 Å². The zero-order chi connectivity index (χ0) is 12.3. The highest BCUT2D eigenvalue weighted by atomic mass is 32.1. The number of piperidine rings is 1. The standard InChI is InChI=1S/C14H24N2S/c1-3-12-5-4-7-16(9-12)14(11(2)15)13-6-8-17-10-13/h6,8,10-12,14H,3-5,7,9,15H2,1-2H3. The number of nitrogens with two attached hydrogens (primary N) is 1. The summed E-state index contributed by atoms with van der Waals surface area (Å²) in [7, 11) is 0. The highest BCUT2D eigenvalue weighted by Crippen LogP contribution is 2.30. The van der Waals surface area contributed by atoms with Crippen molar-refractivity contribution < 1.29 is 0 Å². The van der Waals surface area contributed by atoms with E-state index >= 15 is 0 Å². The molecule has 1 fully saturated rings. The summed E-state index contributed by atoms with van der Waals surface area (Å²) in [6.07, 6.45) is 4.01. The zero-order valence-electron chi connectivity index (χ0n) is 10.9. The van der Waals surface area contributed by atoms with Crippen LogP contribution in [0.15, 0.2) is 16.8 Å². The van der Waals surface area contributed by atoms with Crippen molar-refractivity contribution in [3.8, 4) is 0 Å². The summed E-state index contributed by atoms with van der Waals surface area (Å²) in [6.45, 7) is 6.87. The number of hydrogen-bond donors (Lipinski definition) is 1. The Labute approximate surface area is 109 Å². The minimum absolute atomic E-state index is 0.209. The van der Waals surface area contributed by atoms with Crippen molar-refractivity contribution >= 4 is 11.3 Å². The van der Waals surface area contributed by atoms with Crippen LogP contribution in [-0.2, 0) is 0 Å². The smallest absolute Gasteiger partial charge is 0.0504 e. The van der Waals surface area contributed by atoms with Gasteiger partial charge in [-0.1, -0.05) is 13.3 Å². The molecule has 3 unspecified atom stereocenters. The Bertz CT molecular complexity index is 321. The lowest BCUT2D eigenvalue weighted by atomic mass is 9.92. The maximum Gasteiger partial charge on any atom is 0.0504 e. The number of thiophene rings is 1. The van der Waals surface area contributed by atoms with E-state index in [1.54, 1.807) is 11.3 Å². The van der Waals surface area contributed by atoms with Gasteiger partial charge in [-0.2, -0.15) is 11.3 Å². The van der Waals surface area contributed by atoms with Crippen LogP contribution in [0, 0.1) is 5.92 Å². The number of rotatable bonds is 4. The van der Waals surface area contributed by atoms with Gasteiger partial charge in [-0.05, 0) is 54.6 Å². The van der Waals surface area contributed by atoms with Gasteiger partial charge in [0.05, 0.1) is 6.04 Å². The molecular weight excluding hydrogens is 228 g/mol. The van der Waals surface area contributed by atoms with Crippen molar-refractivity contribution in [1.29, 1.82) is 0 Å². The first-order valence-corrected chi connectivity index (χ1v) is 7.68. The maximum absolute atomic E-state index is 6.21. The Balaban J connectivity index is 2.11. The fourth-order valence-corrected chi connectivity index (χ4v) is 3.66. The van der Waals surface area contributed by atoms with Crippen LogP contribution in [0.25, 0.3) is 0 Å². The number of hydrogen-bond acceptors (Lipinski definition) is 3. The molecular formula is C14H24N2S. The van der Waals surface area contributed by atoms with Crippen LogP contribution in [0.2, 0.25) is 0 Å². The molecule has 96 valence electrons. The molecule has 0 bridgehead atoms. The van der Waals surface area contributed by atoms with Crippen LogP contribution >= 0.6 is 11.3 Å². The summed E-state index contributed by atoms with van der Waals surface area (Å²) in [5, 5.41) is 4.41. The molecule has 1 aromatic rings. The lowest BCUT2D eigenvalue weighted by Crippen LogP contribution is -2.44. The molecule has 2 N–H and O–H groups in total. The molecule has 0 aliphatic carbocycles. The highest BCUT2D eigenvalue weighted by molar-refractivity contribution is 7.07. The molecule has 1 aromatic heterocycles. The fourth-order valence-electron chi connectivity index (χ4n) is 2.97. The Kier molecular flexibility index (Phi) is 4.60. The van der Waals surface area contributed by atoms with Crippen LogP contribution in [0.3, 0.4) is 0 Å². The van der Waals surface area contributed by atoms with Crippen LogP contribution in [0.5, 0.6) is 0 Å². The summed E-state index contributed by atoms with van der Waals surface area (Å²) in [5.74, 6) is 0.864. The maximum atomic E-state index is 6.21. The third kappa shape index (κ3) is 3.09. The lowest BCUT2D eigenvalue weighted by molar-refractivity contribution is 0.108. The van der Waals surface area contributed by atoms with Crippen molar-refractivity contribution in [2.45, 2.75) is 45.2 Å². The SMILES string of the molecule is CCC1CCCN(C(c2ccsc2)C(C)N)C1. The third-order valence-corrected chi connectivity index (χ3v) is 4.61. The minimum Gasteiger partial charge on any atom is -0.326 e. The molecule has 0 radical (unpaired) electrons. The Morgan fingerprint density at radius 1 is 1.59 bits per heavy atom. The molecule has 1 aliphatic heterocycles. The van der Waals surface area contributed by atoms with E-state index in [1.807, 2.05) is 0 Å². The number of nitrogens with zero attached hydrogens (tertiary/aromatic N) is 1. The van der Waals surface area contributed by atoms with E-state index in [2.05, 4.69) is 35.6 Å². The minimum atomic E-state index is 0.209. The molecule has 0 amide bonds. The Morgan fingerprint density at radius 3 is 3.00 bits per heavy atom. The molecule has 1 saturated heterocycles. The van der Waals surface area contributed by atoms with E-state index in [9.17, 15) is 0 Å². The Morgan fingerprint density at radius 2 is 2.41 bits per heavy atom. The number of likely N-dealkylation sites (tertiary alicyclic amines) is 1. The van der Waals surface area contributed by atoms with Gasteiger partial charge in [0.15, 0.2) is 0 Å². The van der Waals surface area contributed by atoms with Crippen molar-refractivity contribution in [3.05, 3.63) is 22.4 Å². The average Bonchev–Trinajstić information content (AvgIpc) is 2.83. The van der Waals surface area contributed by atoms with Crippen molar-refractivity contribution in [2.24, 2.45) is 11.7 Å². The second-order valence-corrected chi connectivity index (χ2v) is 6.05. The van der Waals surface area contributed by atoms with Gasteiger partial charge in [0.1, 0.15) is 0 Å². The van der Waals surface area contributed by atoms with Gasteiger partial charge in [0.2, 0.25) is 0 Å². The quantitative estimate of drug-likeness (QED) is 0.891. The van der Waals surface area contributed by atoms with Crippen molar-refractivity contribution in [3.63, 3.8) is 0 Å². The van der Waals surface area contributed by atoms with E-state index in [-0.39, 0.29) is 6.04 Å². The summed E-state index contributed by atoms with van der Waals surface area (Å²) in [5.41, 5.74) is 7.61. The fraction of sp³-hybridized carbons (Fsp3) is 0.714. The predicted octanol–water partition coefficient (Wildman–Crippen LogP) is 3.26. The molecule has 2 heterocycles. The topological polar surface area (TPSA) is 29.3 Å². The summed E-state index contributed by atoms with van der Waals surface area (Å²) in [4.78, 5) is 2.60. The van der Waals surface area contributed by atoms with E-state index in [0.717, 1.165) is 5.92 Å². The second-order valence-electron chi connectivity index (χ2n) is 5.27. The third-order valence-electron chi connectivity index (χ3n) is 3.90. The van der Waals surface area contributed by atoms with Gasteiger partial charge in [-0.3, -0.25) is 4.90 Å². The Hall–Kier alpha value is -0.380. The zero-order valence-corrected chi connectivity index (χ0v) is 11.7. The van der Waals surface area contributed by atoms with Crippen LogP contribution < -0.4 is 5.73 Å². The molecule has 2 rings (SSSR count). The van der Waals surface area contributed by atoms with Gasteiger partial charge in [0.25, 0.3) is 0 Å². The molecule has 17 heavy (non-hydrogen) atoms. The first-order valence-electron chi connectivity index (χ1n) is 6.74. The van der Waals surface area contributed by atoms with Gasteiger partial charge in [-0.25, -0.2) is 0 Å². The molecule has 1 aliphatic rings. The van der Waals surface area contributed by atoms with E-state index in [4.69, 9.17) is 5.73 Å². The van der Waals surface area contributed by atoms with Crippen LogP contribution in [-0.4, -0.2) is 24.0 Å². The van der Waals surface area contributed by atoms with E-state index < -0.39 is 0 Å². The van der Waals surface area contributed by atoms with Gasteiger partial charge < -0.3 is 5.73 Å². The first kappa shape index (κ1) is 13.1. The van der Waals surface area contributed by atoms with Gasteiger partial charge in [0, 0.05) is 12.6 Å². The molecule has 0 saturated carbocycles. The summed E-state index contributed by atoms with van der Waals surface area (Å²) >= 11 is 1.77. The van der Waals surface area contributed by atoms with E-state index in [1.165, 1.54) is 37.9 Å². The molecule has 0 spiro atoms. The van der Waals surface area contributed by atoms with Crippen LogP contribution in [0.1, 0.15) is 44.7 Å². The van der Waals surface area contributed by atoms with Gasteiger partial charge >= 0.3 is 0 Å². The predicted molar refractivity (Wildman–Crippen MR) is 75.3 cm³/mol.